The summed E-state index contributed by atoms with van der Waals surface area (Å²) in [6, 6.07) is 12.4. The van der Waals surface area contributed by atoms with Gasteiger partial charge < -0.3 is 0 Å². The molecule has 0 spiro atoms. The summed E-state index contributed by atoms with van der Waals surface area (Å²) >= 11 is 0. The number of benzene rings is 2. The van der Waals surface area contributed by atoms with Crippen molar-refractivity contribution in [3.63, 3.8) is 0 Å². The summed E-state index contributed by atoms with van der Waals surface area (Å²) in [5, 5.41) is 0. The van der Waals surface area contributed by atoms with E-state index in [9.17, 15) is 4.79 Å². The van der Waals surface area contributed by atoms with Crippen LogP contribution in [-0.2, 0) is 10.8 Å². The number of hydrogen-bond donors (Lipinski definition) is 0. The van der Waals surface area contributed by atoms with Crippen LogP contribution in [0.15, 0.2) is 36.4 Å². The number of rotatable bonds is 0. The highest BCUT2D eigenvalue weighted by molar-refractivity contribution is 6.22. The molecular formula is C21H24O. The second-order valence-electron chi connectivity index (χ2n) is 8.32. The molecule has 0 fully saturated rings. The van der Waals surface area contributed by atoms with Crippen molar-refractivity contribution < 1.29 is 4.79 Å². The fraction of sp³-hybridized carbons (Fsp3) is 0.381. The molecule has 0 aliphatic heterocycles. The molecule has 0 bridgehead atoms. The molecule has 0 atom stereocenters. The van der Waals surface area contributed by atoms with Gasteiger partial charge in [-0.25, -0.2) is 0 Å². The minimum absolute atomic E-state index is 0.0525. The zero-order valence-corrected chi connectivity index (χ0v) is 14.4. The van der Waals surface area contributed by atoms with Crippen molar-refractivity contribution in [1.82, 2.24) is 0 Å². The Balaban J connectivity index is 2.40. The molecule has 2 aromatic rings. The molecule has 3 rings (SSSR count). The number of carbonyl (C=O) groups excluding carboxylic acids is 1. The van der Waals surface area contributed by atoms with Crippen LogP contribution in [0.5, 0.6) is 0 Å². The van der Waals surface area contributed by atoms with Crippen LogP contribution in [0.2, 0.25) is 0 Å². The first-order valence-electron chi connectivity index (χ1n) is 7.94. The molecule has 0 amide bonds. The van der Waals surface area contributed by atoms with Crippen LogP contribution in [-0.4, -0.2) is 5.78 Å². The second kappa shape index (κ2) is 4.55. The zero-order chi connectivity index (χ0) is 16.3. The van der Waals surface area contributed by atoms with E-state index < -0.39 is 0 Å². The van der Waals surface area contributed by atoms with E-state index in [0.29, 0.717) is 0 Å². The molecule has 0 saturated carbocycles. The van der Waals surface area contributed by atoms with E-state index in [1.165, 1.54) is 5.56 Å². The Kier molecular flexibility index (Phi) is 3.11. The summed E-state index contributed by atoms with van der Waals surface area (Å²) in [6.45, 7) is 13.2. The highest BCUT2D eigenvalue weighted by atomic mass is 16.1. The van der Waals surface area contributed by atoms with Crippen LogP contribution in [0.1, 0.15) is 68.6 Å². The molecule has 1 heteroatoms. The van der Waals surface area contributed by atoms with Gasteiger partial charge in [-0.05, 0) is 39.2 Å². The van der Waals surface area contributed by atoms with E-state index in [4.69, 9.17) is 0 Å². The minimum atomic E-state index is -0.0525. The first-order chi connectivity index (χ1) is 10.1. The molecule has 2 aromatic carbocycles. The summed E-state index contributed by atoms with van der Waals surface area (Å²) < 4.78 is 0. The first-order valence-corrected chi connectivity index (χ1v) is 7.94. The van der Waals surface area contributed by atoms with Crippen LogP contribution in [0.3, 0.4) is 0 Å². The smallest absolute Gasteiger partial charge is 0.194 e. The van der Waals surface area contributed by atoms with Crippen molar-refractivity contribution >= 4 is 5.78 Å². The lowest BCUT2D eigenvalue weighted by atomic mass is 9.77. The van der Waals surface area contributed by atoms with Crippen molar-refractivity contribution in [3.8, 4) is 11.1 Å². The van der Waals surface area contributed by atoms with E-state index in [1.807, 2.05) is 18.2 Å². The minimum Gasteiger partial charge on any atom is -0.289 e. The molecule has 1 nitrogen and oxygen atoms in total. The average molecular weight is 292 g/mol. The highest BCUT2D eigenvalue weighted by Crippen LogP contribution is 2.44. The van der Waals surface area contributed by atoms with Gasteiger partial charge in [-0.15, -0.1) is 0 Å². The van der Waals surface area contributed by atoms with Gasteiger partial charge in [0.2, 0.25) is 0 Å². The third kappa shape index (κ3) is 2.20. The first kappa shape index (κ1) is 15.0. The lowest BCUT2D eigenvalue weighted by molar-refractivity contribution is 0.104. The predicted octanol–water partition coefficient (Wildman–Crippen LogP) is 5.49. The van der Waals surface area contributed by atoms with Crippen molar-refractivity contribution in [2.75, 3.05) is 0 Å². The second-order valence-corrected chi connectivity index (χ2v) is 8.32. The van der Waals surface area contributed by atoms with Gasteiger partial charge in [0.1, 0.15) is 0 Å². The van der Waals surface area contributed by atoms with Crippen LogP contribution >= 0.6 is 0 Å². The molecule has 0 saturated heterocycles. The Hall–Kier alpha value is -1.89. The Labute approximate surface area is 133 Å². The largest absolute Gasteiger partial charge is 0.289 e. The number of ketones is 1. The molecule has 0 N–H and O–H groups in total. The van der Waals surface area contributed by atoms with E-state index in [1.54, 1.807) is 0 Å². The Morgan fingerprint density at radius 1 is 0.727 bits per heavy atom. The van der Waals surface area contributed by atoms with E-state index in [0.717, 1.165) is 27.8 Å². The van der Waals surface area contributed by atoms with Gasteiger partial charge in [0, 0.05) is 11.1 Å². The third-order valence-electron chi connectivity index (χ3n) is 4.50. The standard InChI is InChI=1S/C21H24O/c1-20(2,3)13-11-16-14-9-7-8-10-15(14)19(22)18(16)17(12-13)21(4,5)6/h7-12H,1-6H3. The topological polar surface area (TPSA) is 17.1 Å². The average Bonchev–Trinajstić information content (AvgIpc) is 2.70. The van der Waals surface area contributed by atoms with Gasteiger partial charge in [0.05, 0.1) is 0 Å². The van der Waals surface area contributed by atoms with Gasteiger partial charge >= 0.3 is 0 Å². The maximum atomic E-state index is 12.9. The van der Waals surface area contributed by atoms with Crippen LogP contribution < -0.4 is 0 Å². The Morgan fingerprint density at radius 2 is 1.32 bits per heavy atom. The number of hydrogen-bond acceptors (Lipinski definition) is 1. The molecular weight excluding hydrogens is 268 g/mol. The van der Waals surface area contributed by atoms with Crippen molar-refractivity contribution in [2.24, 2.45) is 0 Å². The highest BCUT2D eigenvalue weighted by Gasteiger charge is 2.34. The third-order valence-corrected chi connectivity index (χ3v) is 4.50. The zero-order valence-electron chi connectivity index (χ0n) is 14.4. The monoisotopic (exact) mass is 292 g/mol. The quantitative estimate of drug-likeness (QED) is 0.535. The van der Waals surface area contributed by atoms with Crippen LogP contribution in [0, 0.1) is 0 Å². The fourth-order valence-corrected chi connectivity index (χ4v) is 3.17. The molecule has 1 aliphatic rings. The maximum Gasteiger partial charge on any atom is 0.194 e. The summed E-state index contributed by atoms with van der Waals surface area (Å²) in [7, 11) is 0. The molecule has 0 radical (unpaired) electrons. The van der Waals surface area contributed by atoms with E-state index >= 15 is 0 Å². The van der Waals surface area contributed by atoms with E-state index in [-0.39, 0.29) is 16.6 Å². The predicted molar refractivity (Wildman–Crippen MR) is 92.7 cm³/mol. The summed E-state index contributed by atoms with van der Waals surface area (Å²) in [4.78, 5) is 12.9. The molecule has 114 valence electrons. The van der Waals surface area contributed by atoms with E-state index in [2.05, 4.69) is 59.7 Å². The summed E-state index contributed by atoms with van der Waals surface area (Å²) in [5.41, 5.74) is 6.41. The molecule has 1 aliphatic carbocycles. The molecule has 0 aromatic heterocycles. The van der Waals surface area contributed by atoms with Crippen molar-refractivity contribution in [1.29, 1.82) is 0 Å². The molecule has 22 heavy (non-hydrogen) atoms. The van der Waals surface area contributed by atoms with Crippen LogP contribution in [0.25, 0.3) is 11.1 Å². The van der Waals surface area contributed by atoms with Gasteiger partial charge in [-0.3, -0.25) is 4.79 Å². The maximum absolute atomic E-state index is 12.9. The Bertz CT molecular complexity index is 767. The summed E-state index contributed by atoms with van der Waals surface area (Å²) in [6.07, 6.45) is 0. The molecule has 0 heterocycles. The van der Waals surface area contributed by atoms with Gasteiger partial charge in [-0.2, -0.15) is 0 Å². The summed E-state index contributed by atoms with van der Waals surface area (Å²) in [5.74, 6) is 0.177. The molecule has 0 unspecified atom stereocenters. The normalized spacial score (nSPS) is 14.0. The number of fused-ring (bicyclic) bond motifs is 3. The van der Waals surface area contributed by atoms with Gasteiger partial charge in [-0.1, -0.05) is 71.9 Å². The lowest BCUT2D eigenvalue weighted by Crippen LogP contribution is -2.19. The Morgan fingerprint density at radius 3 is 1.86 bits per heavy atom. The SMILES string of the molecule is CC(C)(C)c1cc2c(c(C(C)(C)C)c1)C(=O)c1ccccc1-2. The van der Waals surface area contributed by atoms with Gasteiger partial charge in [0.15, 0.2) is 5.78 Å². The van der Waals surface area contributed by atoms with Gasteiger partial charge in [0.25, 0.3) is 0 Å². The number of carbonyl (C=O) groups is 1. The van der Waals surface area contributed by atoms with Crippen molar-refractivity contribution in [3.05, 3.63) is 58.7 Å². The van der Waals surface area contributed by atoms with Crippen molar-refractivity contribution in [2.45, 2.75) is 52.4 Å². The van der Waals surface area contributed by atoms with Crippen LogP contribution in [0.4, 0.5) is 0 Å². The fourth-order valence-electron chi connectivity index (χ4n) is 3.17. The lowest BCUT2D eigenvalue weighted by Gasteiger charge is -2.27.